The van der Waals surface area contributed by atoms with Gasteiger partial charge in [0.25, 0.3) is 0 Å². The largest absolute Gasteiger partial charge is 0.497 e. The van der Waals surface area contributed by atoms with Crippen molar-refractivity contribution >= 4 is 11.6 Å². The minimum absolute atomic E-state index is 0.191. The molecule has 4 N–H and O–H groups in total. The molecule has 110 valence electrons. The van der Waals surface area contributed by atoms with Crippen LogP contribution in [0.1, 0.15) is 24.8 Å². The van der Waals surface area contributed by atoms with Gasteiger partial charge in [-0.05, 0) is 49.5 Å². The number of nitrogens with two attached hydrogens (primary N) is 2. The van der Waals surface area contributed by atoms with Crippen molar-refractivity contribution in [3.63, 3.8) is 0 Å². The van der Waals surface area contributed by atoms with Crippen LogP contribution in [0.15, 0.2) is 18.2 Å². The van der Waals surface area contributed by atoms with Gasteiger partial charge in [0.15, 0.2) is 0 Å². The highest BCUT2D eigenvalue weighted by Crippen LogP contribution is 2.24. The van der Waals surface area contributed by atoms with E-state index < -0.39 is 0 Å². The van der Waals surface area contributed by atoms with Gasteiger partial charge in [0.2, 0.25) is 5.91 Å². The van der Waals surface area contributed by atoms with Crippen molar-refractivity contribution < 1.29 is 9.53 Å². The predicted molar refractivity (Wildman–Crippen MR) is 79.2 cm³/mol. The highest BCUT2D eigenvalue weighted by molar-refractivity contribution is 5.73. The van der Waals surface area contributed by atoms with Crippen molar-refractivity contribution in [1.82, 2.24) is 4.90 Å². The number of rotatable bonds is 5. The standard InChI is InChI=1S/C15H23N3O2/c1-20-14-7-12(6-13(16)9-14)10-18-4-2-11(3-5-18)8-15(17)19/h6-7,9,11H,2-5,8,10,16H2,1H3,(H2,17,19). The molecular weight excluding hydrogens is 254 g/mol. The zero-order valence-electron chi connectivity index (χ0n) is 12.0. The number of hydrogen-bond donors (Lipinski definition) is 2. The number of hydrogen-bond acceptors (Lipinski definition) is 4. The molecule has 0 aromatic heterocycles. The third-order valence-corrected chi connectivity index (χ3v) is 3.83. The van der Waals surface area contributed by atoms with Gasteiger partial charge in [0, 0.05) is 24.7 Å². The first kappa shape index (κ1) is 14.7. The average molecular weight is 277 g/mol. The summed E-state index contributed by atoms with van der Waals surface area (Å²) in [7, 11) is 1.65. The van der Waals surface area contributed by atoms with Crippen LogP contribution < -0.4 is 16.2 Å². The van der Waals surface area contributed by atoms with Gasteiger partial charge in [0.05, 0.1) is 7.11 Å². The monoisotopic (exact) mass is 277 g/mol. The van der Waals surface area contributed by atoms with Crippen molar-refractivity contribution in [2.75, 3.05) is 25.9 Å². The Hall–Kier alpha value is -1.75. The minimum Gasteiger partial charge on any atom is -0.497 e. The van der Waals surface area contributed by atoms with Crippen LogP contribution in [0.3, 0.4) is 0 Å². The van der Waals surface area contributed by atoms with E-state index in [-0.39, 0.29) is 5.91 Å². The number of primary amides is 1. The van der Waals surface area contributed by atoms with Crippen LogP contribution in [0.4, 0.5) is 5.69 Å². The van der Waals surface area contributed by atoms with Gasteiger partial charge in [-0.15, -0.1) is 0 Å². The van der Waals surface area contributed by atoms with Gasteiger partial charge in [-0.3, -0.25) is 9.69 Å². The number of anilines is 1. The van der Waals surface area contributed by atoms with E-state index in [0.29, 0.717) is 12.3 Å². The van der Waals surface area contributed by atoms with Crippen LogP contribution in [0.25, 0.3) is 0 Å². The first-order valence-corrected chi connectivity index (χ1v) is 7.01. The molecule has 0 bridgehead atoms. The minimum atomic E-state index is -0.191. The quantitative estimate of drug-likeness (QED) is 0.796. The number of benzene rings is 1. The normalized spacial score (nSPS) is 17.1. The average Bonchev–Trinajstić information content (AvgIpc) is 2.39. The van der Waals surface area contributed by atoms with Gasteiger partial charge in [-0.2, -0.15) is 0 Å². The highest BCUT2D eigenvalue weighted by Gasteiger charge is 2.20. The number of nitrogen functional groups attached to an aromatic ring is 1. The second-order valence-electron chi connectivity index (χ2n) is 5.50. The second-order valence-corrected chi connectivity index (χ2v) is 5.50. The Morgan fingerprint density at radius 2 is 2.05 bits per heavy atom. The fraction of sp³-hybridized carbons (Fsp3) is 0.533. The summed E-state index contributed by atoms with van der Waals surface area (Å²) in [4.78, 5) is 13.3. The molecule has 0 atom stereocenters. The number of piperidine rings is 1. The zero-order chi connectivity index (χ0) is 14.5. The van der Waals surface area contributed by atoms with E-state index in [4.69, 9.17) is 16.2 Å². The molecule has 1 aromatic rings. The third kappa shape index (κ3) is 4.13. The van der Waals surface area contributed by atoms with Crippen molar-refractivity contribution in [2.24, 2.45) is 11.7 Å². The molecule has 5 nitrogen and oxygen atoms in total. The molecule has 20 heavy (non-hydrogen) atoms. The number of likely N-dealkylation sites (tertiary alicyclic amines) is 1. The lowest BCUT2D eigenvalue weighted by atomic mass is 9.93. The smallest absolute Gasteiger partial charge is 0.217 e. The van der Waals surface area contributed by atoms with Crippen LogP contribution in [0.5, 0.6) is 5.75 Å². The third-order valence-electron chi connectivity index (χ3n) is 3.83. The number of ether oxygens (including phenoxy) is 1. The van der Waals surface area contributed by atoms with Crippen molar-refractivity contribution in [1.29, 1.82) is 0 Å². The summed E-state index contributed by atoms with van der Waals surface area (Å²) >= 11 is 0. The van der Waals surface area contributed by atoms with Crippen LogP contribution in [0, 0.1) is 5.92 Å². The van der Waals surface area contributed by atoms with E-state index in [1.807, 2.05) is 18.2 Å². The summed E-state index contributed by atoms with van der Waals surface area (Å²) in [5.74, 6) is 1.05. The molecule has 0 saturated carbocycles. The van der Waals surface area contributed by atoms with E-state index in [1.165, 1.54) is 0 Å². The van der Waals surface area contributed by atoms with E-state index in [9.17, 15) is 4.79 Å². The maximum absolute atomic E-state index is 10.9. The maximum atomic E-state index is 10.9. The highest BCUT2D eigenvalue weighted by atomic mass is 16.5. The van der Waals surface area contributed by atoms with Crippen LogP contribution in [0.2, 0.25) is 0 Å². The maximum Gasteiger partial charge on any atom is 0.217 e. The Labute approximate surface area is 119 Å². The molecule has 1 fully saturated rings. The van der Waals surface area contributed by atoms with E-state index >= 15 is 0 Å². The molecule has 5 heteroatoms. The fourth-order valence-electron chi connectivity index (χ4n) is 2.79. The lowest BCUT2D eigenvalue weighted by Gasteiger charge is -2.31. The van der Waals surface area contributed by atoms with Gasteiger partial charge >= 0.3 is 0 Å². The summed E-state index contributed by atoms with van der Waals surface area (Å²) in [6.07, 6.45) is 2.57. The van der Waals surface area contributed by atoms with Gasteiger partial charge in [0.1, 0.15) is 5.75 Å². The molecule has 1 saturated heterocycles. The number of nitrogens with zero attached hydrogens (tertiary/aromatic N) is 1. The lowest BCUT2D eigenvalue weighted by molar-refractivity contribution is -0.119. The number of methoxy groups -OCH3 is 1. The first-order chi connectivity index (χ1) is 9.56. The Bertz CT molecular complexity index is 468. The molecular formula is C15H23N3O2. The van der Waals surface area contributed by atoms with E-state index in [1.54, 1.807) is 7.11 Å². The van der Waals surface area contributed by atoms with Gasteiger partial charge < -0.3 is 16.2 Å². The van der Waals surface area contributed by atoms with Crippen LogP contribution in [-0.4, -0.2) is 31.0 Å². The number of carbonyl (C=O) groups is 1. The topological polar surface area (TPSA) is 81.6 Å². The van der Waals surface area contributed by atoms with E-state index in [0.717, 1.165) is 49.5 Å². The molecule has 1 aliphatic rings. The predicted octanol–water partition coefficient (Wildman–Crippen LogP) is 1.36. The summed E-state index contributed by atoms with van der Waals surface area (Å²) in [5.41, 5.74) is 13.0. The summed E-state index contributed by atoms with van der Waals surface area (Å²) in [6, 6.07) is 5.83. The molecule has 1 amide bonds. The Kier molecular flexibility index (Phi) is 4.84. The summed E-state index contributed by atoms with van der Waals surface area (Å²) in [5, 5.41) is 0. The van der Waals surface area contributed by atoms with Crippen molar-refractivity contribution in [2.45, 2.75) is 25.8 Å². The Morgan fingerprint density at radius 3 is 2.65 bits per heavy atom. The van der Waals surface area contributed by atoms with E-state index in [2.05, 4.69) is 4.90 Å². The molecule has 2 rings (SSSR count). The number of carbonyl (C=O) groups excluding carboxylic acids is 1. The number of amides is 1. The van der Waals surface area contributed by atoms with Gasteiger partial charge in [-0.1, -0.05) is 0 Å². The first-order valence-electron chi connectivity index (χ1n) is 7.01. The zero-order valence-corrected chi connectivity index (χ0v) is 12.0. The molecule has 0 unspecified atom stereocenters. The summed E-state index contributed by atoms with van der Waals surface area (Å²) < 4.78 is 5.24. The molecule has 0 spiro atoms. The van der Waals surface area contributed by atoms with Crippen LogP contribution in [-0.2, 0) is 11.3 Å². The molecule has 1 aromatic carbocycles. The van der Waals surface area contributed by atoms with Gasteiger partial charge in [-0.25, -0.2) is 0 Å². The molecule has 0 aliphatic carbocycles. The second kappa shape index (κ2) is 6.61. The fourth-order valence-corrected chi connectivity index (χ4v) is 2.79. The molecule has 0 radical (unpaired) electrons. The summed E-state index contributed by atoms with van der Waals surface area (Å²) in [6.45, 7) is 2.86. The molecule has 1 heterocycles. The SMILES string of the molecule is COc1cc(N)cc(CN2CCC(CC(N)=O)CC2)c1. The Balaban J connectivity index is 1.89. The van der Waals surface area contributed by atoms with Crippen molar-refractivity contribution in [3.05, 3.63) is 23.8 Å². The Morgan fingerprint density at radius 1 is 1.35 bits per heavy atom. The van der Waals surface area contributed by atoms with Crippen LogP contribution >= 0.6 is 0 Å². The lowest BCUT2D eigenvalue weighted by Crippen LogP contribution is -2.34. The van der Waals surface area contributed by atoms with Crippen molar-refractivity contribution in [3.8, 4) is 5.75 Å². The molecule has 1 aliphatic heterocycles.